The number of halogens is 1. The number of ketones is 1. The Hall–Kier alpha value is -2.04. The van der Waals surface area contributed by atoms with Gasteiger partial charge < -0.3 is 0 Å². The van der Waals surface area contributed by atoms with E-state index in [-0.39, 0.29) is 5.78 Å². The van der Waals surface area contributed by atoms with E-state index in [0.29, 0.717) is 11.6 Å². The molecule has 1 aromatic carbocycles. The summed E-state index contributed by atoms with van der Waals surface area (Å²) < 4.78 is 1.78. The second-order valence-electron chi connectivity index (χ2n) is 4.53. The van der Waals surface area contributed by atoms with Crippen LogP contribution in [-0.2, 0) is 6.54 Å². The minimum Gasteiger partial charge on any atom is -0.289 e. The fourth-order valence-electron chi connectivity index (χ4n) is 1.95. The van der Waals surface area contributed by atoms with Crippen LogP contribution in [0.2, 0.25) is 5.02 Å². The Morgan fingerprint density at radius 1 is 1.19 bits per heavy atom. The van der Waals surface area contributed by atoms with E-state index in [9.17, 15) is 4.79 Å². The summed E-state index contributed by atoms with van der Waals surface area (Å²) in [6, 6.07) is 13.1. The van der Waals surface area contributed by atoms with Crippen molar-refractivity contribution in [3.8, 4) is 11.3 Å². The molecule has 3 rings (SSSR count). The summed E-state index contributed by atoms with van der Waals surface area (Å²) in [5, 5.41) is 2.60. The van der Waals surface area contributed by atoms with E-state index in [0.717, 1.165) is 16.1 Å². The summed E-state index contributed by atoms with van der Waals surface area (Å²) in [5.41, 5.74) is 1.85. The van der Waals surface area contributed by atoms with Crippen LogP contribution in [0.25, 0.3) is 11.3 Å². The summed E-state index contributed by atoms with van der Waals surface area (Å²) in [7, 11) is 0. The van der Waals surface area contributed by atoms with E-state index in [2.05, 4.69) is 4.98 Å². The summed E-state index contributed by atoms with van der Waals surface area (Å²) in [4.78, 5) is 17.2. The van der Waals surface area contributed by atoms with Gasteiger partial charge in [0.2, 0.25) is 5.78 Å². The van der Waals surface area contributed by atoms with E-state index in [1.165, 1.54) is 11.3 Å². The number of nitrogens with zero attached hydrogens (tertiary/aromatic N) is 2. The number of carbonyl (C=O) groups is 1. The highest BCUT2D eigenvalue weighted by atomic mass is 35.5. The molecule has 0 saturated carbocycles. The first kappa shape index (κ1) is 13.9. The van der Waals surface area contributed by atoms with E-state index < -0.39 is 0 Å². The fourth-order valence-corrected chi connectivity index (χ4v) is 2.73. The first-order valence-electron chi connectivity index (χ1n) is 6.40. The maximum atomic E-state index is 12.0. The van der Waals surface area contributed by atoms with Crippen molar-refractivity contribution in [1.82, 2.24) is 4.98 Å². The third-order valence-corrected chi connectivity index (χ3v) is 4.19. The highest BCUT2D eigenvalue weighted by Gasteiger charge is 2.12. The molecular formula is C16H12ClN2OS+. The van der Waals surface area contributed by atoms with Gasteiger partial charge in [-0.3, -0.25) is 4.79 Å². The van der Waals surface area contributed by atoms with Crippen molar-refractivity contribution in [1.29, 1.82) is 0 Å². The van der Waals surface area contributed by atoms with E-state index in [1.807, 2.05) is 54.0 Å². The number of hydrogen-bond donors (Lipinski definition) is 0. The number of Topliss-reactive ketones (excluding diaryl/α,β-unsaturated/α-hetero) is 1. The number of carbonyl (C=O) groups excluding carboxylic acids is 1. The van der Waals surface area contributed by atoms with Crippen LogP contribution in [0.15, 0.2) is 60.4 Å². The van der Waals surface area contributed by atoms with Crippen molar-refractivity contribution >= 4 is 28.7 Å². The summed E-state index contributed by atoms with van der Waals surface area (Å²) >= 11 is 7.33. The smallest absolute Gasteiger partial charge is 0.287 e. The zero-order chi connectivity index (χ0) is 14.7. The molecule has 0 aliphatic carbocycles. The molecule has 0 bridgehead atoms. The van der Waals surface area contributed by atoms with Gasteiger partial charge in [-0.15, -0.1) is 11.3 Å². The normalized spacial score (nSPS) is 10.5. The molecular weight excluding hydrogens is 304 g/mol. The zero-order valence-electron chi connectivity index (χ0n) is 11.1. The number of hydrogen-bond acceptors (Lipinski definition) is 3. The predicted octanol–water partition coefficient (Wildman–Crippen LogP) is 3.63. The largest absolute Gasteiger partial charge is 0.289 e. The highest BCUT2D eigenvalue weighted by Crippen LogP contribution is 2.18. The van der Waals surface area contributed by atoms with Gasteiger partial charge in [0.05, 0.1) is 11.1 Å². The lowest BCUT2D eigenvalue weighted by molar-refractivity contribution is -0.686. The van der Waals surface area contributed by atoms with Crippen LogP contribution in [0.5, 0.6) is 0 Å². The van der Waals surface area contributed by atoms with Crippen molar-refractivity contribution in [3.05, 3.63) is 70.3 Å². The van der Waals surface area contributed by atoms with Crippen LogP contribution in [-0.4, -0.2) is 10.8 Å². The molecule has 2 aromatic heterocycles. The van der Waals surface area contributed by atoms with Crippen LogP contribution in [0.3, 0.4) is 0 Å². The first-order valence-corrected chi connectivity index (χ1v) is 7.66. The highest BCUT2D eigenvalue weighted by molar-refractivity contribution is 7.12. The van der Waals surface area contributed by atoms with Gasteiger partial charge in [-0.1, -0.05) is 17.7 Å². The summed E-state index contributed by atoms with van der Waals surface area (Å²) in [6.45, 7) is 0.300. The lowest BCUT2D eigenvalue weighted by Crippen LogP contribution is -2.37. The fraction of sp³-hybridized carbons (Fsp3) is 0.0625. The predicted molar refractivity (Wildman–Crippen MR) is 83.5 cm³/mol. The lowest BCUT2D eigenvalue weighted by atomic mass is 10.1. The number of thiophene rings is 1. The van der Waals surface area contributed by atoms with Crippen LogP contribution >= 0.6 is 22.9 Å². The minimum absolute atomic E-state index is 0.0936. The van der Waals surface area contributed by atoms with Gasteiger partial charge in [-0.05, 0) is 40.7 Å². The number of aromatic nitrogens is 2. The van der Waals surface area contributed by atoms with Crippen molar-refractivity contribution in [3.63, 3.8) is 0 Å². The molecule has 21 heavy (non-hydrogen) atoms. The molecule has 0 amide bonds. The van der Waals surface area contributed by atoms with E-state index in [4.69, 9.17) is 11.6 Å². The SMILES string of the molecule is O=C(C[n+]1ccc(-c2ccc(Cl)cc2)nc1)c1cccs1. The average molecular weight is 316 g/mol. The third kappa shape index (κ3) is 3.35. The van der Waals surface area contributed by atoms with Gasteiger partial charge in [-0.25, -0.2) is 4.57 Å². The molecule has 104 valence electrons. The Balaban J connectivity index is 1.75. The van der Waals surface area contributed by atoms with Crippen LogP contribution < -0.4 is 4.57 Å². The molecule has 3 nitrogen and oxygen atoms in total. The van der Waals surface area contributed by atoms with Gasteiger partial charge in [0, 0.05) is 16.7 Å². The lowest BCUT2D eigenvalue weighted by Gasteiger charge is -1.99. The standard InChI is InChI=1S/C16H12ClN2OS/c17-13-5-3-12(4-6-13)14-7-8-19(11-18-14)10-15(20)16-2-1-9-21-16/h1-9,11H,10H2/q+1. The third-order valence-electron chi connectivity index (χ3n) is 3.03. The second-order valence-corrected chi connectivity index (χ2v) is 5.91. The molecule has 0 spiro atoms. The molecule has 0 aliphatic rings. The maximum absolute atomic E-state index is 12.0. The number of rotatable bonds is 4. The summed E-state index contributed by atoms with van der Waals surface area (Å²) in [6.07, 6.45) is 3.54. The molecule has 0 saturated heterocycles. The Kier molecular flexibility index (Phi) is 4.08. The Morgan fingerprint density at radius 3 is 2.62 bits per heavy atom. The van der Waals surface area contributed by atoms with Gasteiger partial charge in [0.1, 0.15) is 0 Å². The van der Waals surface area contributed by atoms with Crippen LogP contribution in [0.4, 0.5) is 0 Å². The van der Waals surface area contributed by atoms with Crippen LogP contribution in [0.1, 0.15) is 9.67 Å². The molecule has 2 heterocycles. The molecule has 0 atom stereocenters. The molecule has 0 fully saturated rings. The zero-order valence-corrected chi connectivity index (χ0v) is 12.6. The topological polar surface area (TPSA) is 33.8 Å². The monoisotopic (exact) mass is 315 g/mol. The van der Waals surface area contributed by atoms with Gasteiger partial charge in [-0.2, -0.15) is 0 Å². The van der Waals surface area contributed by atoms with E-state index in [1.54, 1.807) is 10.9 Å². The molecule has 0 unspecified atom stereocenters. The van der Waals surface area contributed by atoms with Crippen molar-refractivity contribution in [2.45, 2.75) is 6.54 Å². The minimum atomic E-state index is 0.0936. The molecule has 3 aromatic rings. The quantitative estimate of drug-likeness (QED) is 0.544. The maximum Gasteiger partial charge on any atom is 0.287 e. The molecule has 0 N–H and O–H groups in total. The van der Waals surface area contributed by atoms with E-state index >= 15 is 0 Å². The Labute approximate surface area is 131 Å². The van der Waals surface area contributed by atoms with Crippen molar-refractivity contribution < 1.29 is 9.36 Å². The van der Waals surface area contributed by atoms with Gasteiger partial charge in [0.25, 0.3) is 6.33 Å². The Morgan fingerprint density at radius 2 is 2.00 bits per heavy atom. The average Bonchev–Trinajstić information content (AvgIpc) is 3.03. The summed E-state index contributed by atoms with van der Waals surface area (Å²) in [5.74, 6) is 0.0936. The molecule has 0 radical (unpaired) electrons. The van der Waals surface area contributed by atoms with Gasteiger partial charge >= 0.3 is 0 Å². The Bertz CT molecular complexity index is 737. The van der Waals surface area contributed by atoms with Crippen LogP contribution in [0, 0.1) is 0 Å². The second kappa shape index (κ2) is 6.16. The van der Waals surface area contributed by atoms with Crippen molar-refractivity contribution in [2.24, 2.45) is 0 Å². The van der Waals surface area contributed by atoms with Crippen molar-refractivity contribution in [2.75, 3.05) is 0 Å². The first-order chi connectivity index (χ1) is 10.2. The molecule has 0 aliphatic heterocycles. The molecule has 5 heteroatoms. The number of benzene rings is 1. The van der Waals surface area contributed by atoms with Gasteiger partial charge in [0.15, 0.2) is 12.2 Å².